The summed E-state index contributed by atoms with van der Waals surface area (Å²) in [7, 11) is -1.01. The Balaban J connectivity index is 3.02. The van der Waals surface area contributed by atoms with Gasteiger partial charge in [-0.1, -0.05) is 11.6 Å². The number of nitrogens with one attached hydrogen (secondary N) is 1. The highest BCUT2D eigenvalue weighted by atomic mass is 35.5. The molecule has 0 unspecified atom stereocenters. The SMILES string of the molecule is COC(=O)CCNC(=O)c1cc(S(=O)(=O)N(C)C(C)C)ccc1Cl. The molecule has 1 aromatic rings. The summed E-state index contributed by atoms with van der Waals surface area (Å²) in [5.74, 6) is -1.02. The lowest BCUT2D eigenvalue weighted by atomic mass is 10.2. The number of sulfonamides is 1. The Labute approximate surface area is 147 Å². The van der Waals surface area contributed by atoms with Crippen molar-refractivity contribution in [3.63, 3.8) is 0 Å². The number of carbonyl (C=O) groups excluding carboxylic acids is 2. The summed E-state index contributed by atoms with van der Waals surface area (Å²) < 4.78 is 30.7. The molecule has 0 aromatic heterocycles. The van der Waals surface area contributed by atoms with E-state index in [1.54, 1.807) is 13.8 Å². The highest BCUT2D eigenvalue weighted by Crippen LogP contribution is 2.23. The molecule has 1 amide bonds. The highest BCUT2D eigenvalue weighted by molar-refractivity contribution is 7.89. The first-order valence-corrected chi connectivity index (χ1v) is 9.05. The van der Waals surface area contributed by atoms with Gasteiger partial charge in [0.1, 0.15) is 0 Å². The minimum atomic E-state index is -3.73. The van der Waals surface area contributed by atoms with Gasteiger partial charge in [-0.2, -0.15) is 4.31 Å². The van der Waals surface area contributed by atoms with Gasteiger partial charge in [-0.3, -0.25) is 9.59 Å². The third-order valence-electron chi connectivity index (χ3n) is 3.43. The maximum Gasteiger partial charge on any atom is 0.307 e. The number of carbonyl (C=O) groups is 2. The van der Waals surface area contributed by atoms with Gasteiger partial charge in [-0.25, -0.2) is 8.42 Å². The molecule has 0 saturated carbocycles. The summed E-state index contributed by atoms with van der Waals surface area (Å²) in [5.41, 5.74) is 0.0276. The number of hydrogen-bond donors (Lipinski definition) is 1. The van der Waals surface area contributed by atoms with Crippen LogP contribution in [0.25, 0.3) is 0 Å². The quantitative estimate of drug-likeness (QED) is 0.730. The normalized spacial score (nSPS) is 11.6. The van der Waals surface area contributed by atoms with E-state index in [-0.39, 0.29) is 34.5 Å². The van der Waals surface area contributed by atoms with Crippen molar-refractivity contribution in [3.05, 3.63) is 28.8 Å². The van der Waals surface area contributed by atoms with Crippen LogP contribution in [0.15, 0.2) is 23.1 Å². The molecule has 0 atom stereocenters. The third-order valence-corrected chi connectivity index (χ3v) is 5.79. The largest absolute Gasteiger partial charge is 0.469 e. The second-order valence-electron chi connectivity index (χ2n) is 5.34. The molecule has 1 N–H and O–H groups in total. The second-order valence-corrected chi connectivity index (χ2v) is 7.74. The lowest BCUT2D eigenvalue weighted by Gasteiger charge is -2.21. The fourth-order valence-electron chi connectivity index (χ4n) is 1.76. The summed E-state index contributed by atoms with van der Waals surface area (Å²) in [6, 6.07) is 3.70. The number of benzene rings is 1. The van der Waals surface area contributed by atoms with E-state index in [4.69, 9.17) is 11.6 Å². The van der Waals surface area contributed by atoms with E-state index in [1.165, 1.54) is 36.7 Å². The molecule has 0 aliphatic heterocycles. The van der Waals surface area contributed by atoms with E-state index in [0.29, 0.717) is 0 Å². The minimum Gasteiger partial charge on any atom is -0.469 e. The van der Waals surface area contributed by atoms with Crippen molar-refractivity contribution in [1.82, 2.24) is 9.62 Å². The van der Waals surface area contributed by atoms with E-state index in [0.717, 1.165) is 0 Å². The first-order chi connectivity index (χ1) is 11.1. The van der Waals surface area contributed by atoms with Crippen molar-refractivity contribution < 1.29 is 22.7 Å². The number of rotatable bonds is 7. The molecular weight excluding hydrogens is 356 g/mol. The van der Waals surface area contributed by atoms with Gasteiger partial charge >= 0.3 is 5.97 Å². The van der Waals surface area contributed by atoms with Gasteiger partial charge in [0.15, 0.2) is 0 Å². The van der Waals surface area contributed by atoms with Crippen LogP contribution in [-0.2, 0) is 19.6 Å². The molecule has 7 nitrogen and oxygen atoms in total. The maximum absolute atomic E-state index is 12.5. The van der Waals surface area contributed by atoms with E-state index in [2.05, 4.69) is 10.1 Å². The number of nitrogens with zero attached hydrogens (tertiary/aromatic N) is 1. The van der Waals surface area contributed by atoms with Gasteiger partial charge in [0.25, 0.3) is 5.91 Å². The molecule has 9 heteroatoms. The molecule has 0 aliphatic carbocycles. The Morgan fingerprint density at radius 2 is 1.96 bits per heavy atom. The van der Waals surface area contributed by atoms with Crippen LogP contribution in [0, 0.1) is 0 Å². The van der Waals surface area contributed by atoms with E-state index < -0.39 is 21.9 Å². The Morgan fingerprint density at radius 3 is 2.50 bits per heavy atom. The smallest absolute Gasteiger partial charge is 0.307 e. The number of hydrogen-bond acceptors (Lipinski definition) is 5. The molecule has 0 aliphatic rings. The lowest BCUT2D eigenvalue weighted by Crippen LogP contribution is -2.33. The molecule has 24 heavy (non-hydrogen) atoms. The molecule has 0 fully saturated rings. The number of ether oxygens (including phenoxy) is 1. The van der Waals surface area contributed by atoms with Crippen LogP contribution in [0.2, 0.25) is 5.02 Å². The topological polar surface area (TPSA) is 92.8 Å². The third kappa shape index (κ3) is 4.93. The predicted molar refractivity (Wildman–Crippen MR) is 90.5 cm³/mol. The van der Waals surface area contributed by atoms with Crippen molar-refractivity contribution in [2.45, 2.75) is 31.2 Å². The van der Waals surface area contributed by atoms with Gasteiger partial charge in [0.2, 0.25) is 10.0 Å². The summed E-state index contributed by atoms with van der Waals surface area (Å²) in [4.78, 5) is 23.2. The number of halogens is 1. The van der Waals surface area contributed by atoms with Crippen LogP contribution in [0.3, 0.4) is 0 Å². The molecule has 0 radical (unpaired) electrons. The first-order valence-electron chi connectivity index (χ1n) is 7.23. The van der Waals surface area contributed by atoms with Crippen LogP contribution in [-0.4, -0.2) is 51.3 Å². The van der Waals surface area contributed by atoms with Crippen molar-refractivity contribution in [2.24, 2.45) is 0 Å². The second kappa shape index (κ2) is 8.46. The van der Waals surface area contributed by atoms with Crippen LogP contribution < -0.4 is 5.32 Å². The fraction of sp³-hybridized carbons (Fsp3) is 0.467. The zero-order valence-corrected chi connectivity index (χ0v) is 15.6. The first kappa shape index (κ1) is 20.4. The minimum absolute atomic E-state index is 0.00787. The molecule has 0 spiro atoms. The highest BCUT2D eigenvalue weighted by Gasteiger charge is 2.25. The number of esters is 1. The van der Waals surface area contributed by atoms with Crippen LogP contribution in [0.5, 0.6) is 0 Å². The van der Waals surface area contributed by atoms with Crippen LogP contribution >= 0.6 is 11.6 Å². The van der Waals surface area contributed by atoms with Crippen molar-refractivity contribution >= 4 is 33.5 Å². The van der Waals surface area contributed by atoms with E-state index in [9.17, 15) is 18.0 Å². The molecule has 1 rings (SSSR count). The summed E-state index contributed by atoms with van der Waals surface area (Å²) in [5, 5.41) is 2.62. The Morgan fingerprint density at radius 1 is 1.33 bits per heavy atom. The Kier molecular flexibility index (Phi) is 7.19. The number of methoxy groups -OCH3 is 1. The zero-order chi connectivity index (χ0) is 18.5. The fourth-order valence-corrected chi connectivity index (χ4v) is 3.36. The van der Waals surface area contributed by atoms with Crippen LogP contribution in [0.1, 0.15) is 30.6 Å². The van der Waals surface area contributed by atoms with Crippen molar-refractivity contribution in [2.75, 3.05) is 20.7 Å². The summed E-state index contributed by atoms with van der Waals surface area (Å²) in [6.07, 6.45) is 0.00787. The number of amides is 1. The van der Waals surface area contributed by atoms with E-state index >= 15 is 0 Å². The Hall–Kier alpha value is -1.64. The molecule has 134 valence electrons. The summed E-state index contributed by atoms with van der Waals surface area (Å²) >= 11 is 5.99. The maximum atomic E-state index is 12.5. The van der Waals surface area contributed by atoms with E-state index in [1.807, 2.05) is 0 Å². The van der Waals surface area contributed by atoms with Gasteiger partial charge in [0, 0.05) is 19.6 Å². The van der Waals surface area contributed by atoms with Crippen molar-refractivity contribution in [3.8, 4) is 0 Å². The standard InChI is InChI=1S/C15H21ClN2O5S/c1-10(2)18(3)24(21,22)11-5-6-13(16)12(9-11)15(20)17-8-7-14(19)23-4/h5-6,9-10H,7-8H2,1-4H3,(H,17,20). The molecule has 0 bridgehead atoms. The van der Waals surface area contributed by atoms with Gasteiger partial charge in [0.05, 0.1) is 29.0 Å². The average molecular weight is 377 g/mol. The molecule has 0 saturated heterocycles. The van der Waals surface area contributed by atoms with Gasteiger partial charge < -0.3 is 10.1 Å². The van der Waals surface area contributed by atoms with Crippen molar-refractivity contribution in [1.29, 1.82) is 0 Å². The molecule has 0 heterocycles. The van der Waals surface area contributed by atoms with Gasteiger partial charge in [-0.15, -0.1) is 0 Å². The zero-order valence-electron chi connectivity index (χ0n) is 14.0. The molecular formula is C15H21ClN2O5S. The molecule has 1 aromatic carbocycles. The van der Waals surface area contributed by atoms with Gasteiger partial charge in [-0.05, 0) is 32.0 Å². The Bertz CT molecular complexity index is 719. The average Bonchev–Trinajstić information content (AvgIpc) is 2.53. The van der Waals surface area contributed by atoms with Crippen LogP contribution in [0.4, 0.5) is 0 Å². The predicted octanol–water partition coefficient (Wildman–Crippen LogP) is 1.66. The monoisotopic (exact) mass is 376 g/mol. The lowest BCUT2D eigenvalue weighted by molar-refractivity contribution is -0.140. The summed E-state index contributed by atoms with van der Waals surface area (Å²) in [6.45, 7) is 3.55.